The molecule has 21 heavy (non-hydrogen) atoms. The summed E-state index contributed by atoms with van der Waals surface area (Å²) >= 11 is 0. The number of nitro benzene ring substituents is 1. The number of hydrogen-bond donors (Lipinski definition) is 0. The van der Waals surface area contributed by atoms with E-state index in [1.54, 1.807) is 36.4 Å². The number of aliphatic imine (C=N–C) groups is 1. The third-order valence-electron chi connectivity index (χ3n) is 3.09. The molecule has 0 fully saturated rings. The van der Waals surface area contributed by atoms with Crippen LogP contribution in [-0.4, -0.2) is 16.6 Å². The number of hydrogen-bond acceptors (Lipinski definition) is 5. The largest absolute Gasteiger partial charge is 0.470 e. The molecule has 0 saturated carbocycles. The van der Waals surface area contributed by atoms with Crippen molar-refractivity contribution in [2.24, 2.45) is 4.99 Å². The number of para-hydroxylation sites is 1. The minimum Gasteiger partial charge on any atom is -0.470 e. The van der Waals surface area contributed by atoms with Gasteiger partial charge in [0.15, 0.2) is 0 Å². The molecular formula is C15H10N2O4. The van der Waals surface area contributed by atoms with Gasteiger partial charge in [-0.15, -0.1) is 0 Å². The van der Waals surface area contributed by atoms with Crippen LogP contribution in [0.5, 0.6) is 0 Å². The molecule has 2 aromatic rings. The van der Waals surface area contributed by atoms with Crippen LogP contribution in [0.1, 0.15) is 15.9 Å². The minimum absolute atomic E-state index is 0.0143. The summed E-state index contributed by atoms with van der Waals surface area (Å²) in [5.74, 6) is -0.193. The van der Waals surface area contributed by atoms with E-state index in [1.807, 2.05) is 0 Å². The van der Waals surface area contributed by atoms with Crippen LogP contribution in [-0.2, 0) is 11.3 Å². The molecule has 0 N–H and O–H groups in total. The first-order chi connectivity index (χ1) is 10.1. The standard InChI is InChI=1S/C15H10N2O4/c18-14-12-3-1-2-4-13(12)16-15(14)21-9-10-5-7-11(8-6-10)17(19)20/h1-8H,9H2. The lowest BCUT2D eigenvalue weighted by Crippen LogP contribution is -2.13. The third-order valence-corrected chi connectivity index (χ3v) is 3.09. The van der Waals surface area contributed by atoms with Crippen LogP contribution in [0, 0.1) is 10.1 Å². The Morgan fingerprint density at radius 1 is 1.10 bits per heavy atom. The number of non-ortho nitro benzene ring substituents is 1. The van der Waals surface area contributed by atoms with Gasteiger partial charge in [0.1, 0.15) is 6.61 Å². The Morgan fingerprint density at radius 2 is 1.81 bits per heavy atom. The van der Waals surface area contributed by atoms with Crippen LogP contribution < -0.4 is 0 Å². The Kier molecular flexibility index (Phi) is 3.19. The van der Waals surface area contributed by atoms with Gasteiger partial charge in [0.05, 0.1) is 16.2 Å². The fraction of sp³-hybridized carbons (Fsp3) is 0.0667. The van der Waals surface area contributed by atoms with Crippen molar-refractivity contribution >= 4 is 23.1 Å². The normalized spacial score (nSPS) is 12.8. The van der Waals surface area contributed by atoms with E-state index in [-0.39, 0.29) is 24.0 Å². The molecule has 0 spiro atoms. The second-order valence-electron chi connectivity index (χ2n) is 4.48. The first-order valence-corrected chi connectivity index (χ1v) is 6.24. The fourth-order valence-electron chi connectivity index (χ4n) is 2.00. The average Bonchev–Trinajstić information content (AvgIpc) is 2.82. The van der Waals surface area contributed by atoms with E-state index < -0.39 is 4.92 Å². The van der Waals surface area contributed by atoms with Crippen LogP contribution in [0.15, 0.2) is 53.5 Å². The Morgan fingerprint density at radius 3 is 2.48 bits per heavy atom. The first-order valence-electron chi connectivity index (χ1n) is 6.24. The van der Waals surface area contributed by atoms with Crippen molar-refractivity contribution in [3.05, 3.63) is 69.8 Å². The van der Waals surface area contributed by atoms with Crippen molar-refractivity contribution in [1.29, 1.82) is 0 Å². The molecule has 0 atom stereocenters. The summed E-state index contributed by atoms with van der Waals surface area (Å²) in [6.45, 7) is 0.135. The number of benzene rings is 2. The van der Waals surface area contributed by atoms with Crippen molar-refractivity contribution in [3.8, 4) is 0 Å². The highest BCUT2D eigenvalue weighted by atomic mass is 16.6. The molecule has 0 bridgehead atoms. The smallest absolute Gasteiger partial charge is 0.269 e. The third kappa shape index (κ3) is 2.51. The maximum atomic E-state index is 12.0. The van der Waals surface area contributed by atoms with Crippen LogP contribution in [0.4, 0.5) is 11.4 Å². The maximum Gasteiger partial charge on any atom is 0.269 e. The van der Waals surface area contributed by atoms with E-state index in [0.717, 1.165) is 5.56 Å². The Bertz CT molecular complexity index is 751. The van der Waals surface area contributed by atoms with Gasteiger partial charge in [-0.1, -0.05) is 12.1 Å². The van der Waals surface area contributed by atoms with Gasteiger partial charge in [-0.3, -0.25) is 14.9 Å². The first kappa shape index (κ1) is 13.0. The Hall–Kier alpha value is -3.02. The zero-order valence-corrected chi connectivity index (χ0v) is 10.9. The molecule has 0 radical (unpaired) electrons. The van der Waals surface area contributed by atoms with Crippen molar-refractivity contribution in [1.82, 2.24) is 0 Å². The topological polar surface area (TPSA) is 81.8 Å². The highest BCUT2D eigenvalue weighted by Crippen LogP contribution is 2.26. The van der Waals surface area contributed by atoms with Crippen LogP contribution in [0.3, 0.4) is 0 Å². The number of nitro groups is 1. The molecular weight excluding hydrogens is 272 g/mol. The molecule has 6 heteroatoms. The number of ether oxygens (including phenoxy) is 1. The number of carbonyl (C=O) groups excluding carboxylic acids is 1. The fourth-order valence-corrected chi connectivity index (χ4v) is 2.00. The summed E-state index contributed by atoms with van der Waals surface area (Å²) in [6, 6.07) is 13.0. The maximum absolute atomic E-state index is 12.0. The zero-order chi connectivity index (χ0) is 14.8. The quantitative estimate of drug-likeness (QED) is 0.640. The molecule has 0 saturated heterocycles. The molecule has 104 valence electrons. The highest BCUT2D eigenvalue weighted by Gasteiger charge is 2.25. The Balaban J connectivity index is 1.69. The summed E-state index contributed by atoms with van der Waals surface area (Å²) in [5.41, 5.74) is 1.87. The average molecular weight is 282 g/mol. The molecule has 0 aromatic heterocycles. The van der Waals surface area contributed by atoms with E-state index in [1.165, 1.54) is 12.1 Å². The second-order valence-corrected chi connectivity index (χ2v) is 4.48. The van der Waals surface area contributed by atoms with Gasteiger partial charge >= 0.3 is 0 Å². The minimum atomic E-state index is -0.466. The Labute approximate surface area is 119 Å². The van der Waals surface area contributed by atoms with Crippen molar-refractivity contribution in [2.45, 2.75) is 6.61 Å². The monoisotopic (exact) mass is 282 g/mol. The van der Waals surface area contributed by atoms with Gasteiger partial charge in [0, 0.05) is 12.1 Å². The summed E-state index contributed by atoms with van der Waals surface area (Å²) < 4.78 is 5.41. The van der Waals surface area contributed by atoms with Crippen LogP contribution >= 0.6 is 0 Å². The molecule has 1 aliphatic rings. The second kappa shape index (κ2) is 5.16. The number of nitrogens with zero attached hydrogens (tertiary/aromatic N) is 2. The predicted octanol–water partition coefficient (Wildman–Crippen LogP) is 3.04. The molecule has 0 amide bonds. The SMILES string of the molecule is O=C1C(OCc2ccc([N+](=O)[O-])cc2)=Nc2ccccc21. The van der Waals surface area contributed by atoms with E-state index >= 15 is 0 Å². The number of fused-ring (bicyclic) bond motifs is 1. The molecule has 2 aromatic carbocycles. The van der Waals surface area contributed by atoms with Crippen molar-refractivity contribution < 1.29 is 14.5 Å². The number of carbonyl (C=O) groups is 1. The lowest BCUT2D eigenvalue weighted by molar-refractivity contribution is -0.384. The summed E-state index contributed by atoms with van der Waals surface area (Å²) in [5, 5.41) is 10.6. The molecule has 1 heterocycles. The molecule has 0 aliphatic carbocycles. The van der Waals surface area contributed by atoms with E-state index in [2.05, 4.69) is 4.99 Å². The lowest BCUT2D eigenvalue weighted by atomic mass is 10.1. The molecule has 1 aliphatic heterocycles. The zero-order valence-electron chi connectivity index (χ0n) is 10.9. The van der Waals surface area contributed by atoms with Gasteiger partial charge in [-0.2, -0.15) is 0 Å². The predicted molar refractivity (Wildman–Crippen MR) is 75.8 cm³/mol. The van der Waals surface area contributed by atoms with Gasteiger partial charge < -0.3 is 4.74 Å². The molecule has 6 nitrogen and oxygen atoms in total. The van der Waals surface area contributed by atoms with E-state index in [4.69, 9.17) is 4.74 Å². The highest BCUT2D eigenvalue weighted by molar-refractivity contribution is 6.46. The van der Waals surface area contributed by atoms with Gasteiger partial charge in [-0.25, -0.2) is 4.99 Å². The van der Waals surface area contributed by atoms with Crippen molar-refractivity contribution in [2.75, 3.05) is 0 Å². The van der Waals surface area contributed by atoms with E-state index in [0.29, 0.717) is 11.3 Å². The molecule has 3 rings (SSSR count). The molecule has 0 unspecified atom stereocenters. The van der Waals surface area contributed by atoms with Gasteiger partial charge in [0.2, 0.25) is 5.78 Å². The van der Waals surface area contributed by atoms with Crippen LogP contribution in [0.2, 0.25) is 0 Å². The number of ketones is 1. The number of rotatable bonds is 3. The van der Waals surface area contributed by atoms with Crippen molar-refractivity contribution in [3.63, 3.8) is 0 Å². The summed E-state index contributed by atoms with van der Waals surface area (Å²) in [7, 11) is 0. The van der Waals surface area contributed by atoms with E-state index in [9.17, 15) is 14.9 Å². The number of Topliss-reactive ketones (excluding diaryl/α,β-unsaturated/α-hetero) is 1. The summed E-state index contributed by atoms with van der Waals surface area (Å²) in [6.07, 6.45) is 0. The van der Waals surface area contributed by atoms with Gasteiger partial charge in [0.25, 0.3) is 11.6 Å². The lowest BCUT2D eigenvalue weighted by Gasteiger charge is -2.04. The summed E-state index contributed by atoms with van der Waals surface area (Å²) in [4.78, 5) is 26.2. The van der Waals surface area contributed by atoms with Gasteiger partial charge in [-0.05, 0) is 29.8 Å². The van der Waals surface area contributed by atoms with Crippen LogP contribution in [0.25, 0.3) is 0 Å².